The van der Waals surface area contributed by atoms with Gasteiger partial charge in [0.25, 0.3) is 0 Å². The first kappa shape index (κ1) is 21.4. The van der Waals surface area contributed by atoms with Crippen LogP contribution in [-0.4, -0.2) is 0 Å². The highest BCUT2D eigenvalue weighted by molar-refractivity contribution is 9.28. The molecule has 0 saturated carbocycles. The van der Waals surface area contributed by atoms with Gasteiger partial charge in [0.15, 0.2) is 0 Å². The molecular weight excluding hydrogens is 508 g/mol. The van der Waals surface area contributed by atoms with Crippen LogP contribution in [-0.2, 0) is 0 Å². The van der Waals surface area contributed by atoms with Gasteiger partial charge in [-0.2, -0.15) is 10.5 Å². The normalized spacial score (nSPS) is 9.56. The standard InChI is InChI=1S/C11H8N2.C9H7Br3/c1-9-4-5-11(8-13)10(7-9)3-2-6-12;1-6-2-3-8(10)7(4-6)5-9(11)12/h2-5,7H,1H3;2-5H,1H3. The molecule has 0 saturated heterocycles. The summed E-state index contributed by atoms with van der Waals surface area (Å²) in [6, 6.07) is 15.7. The number of aryl methyl sites for hydroxylation is 2. The van der Waals surface area contributed by atoms with Crippen LogP contribution < -0.4 is 0 Å². The summed E-state index contributed by atoms with van der Waals surface area (Å²) in [5, 5.41) is 17.1. The van der Waals surface area contributed by atoms with Gasteiger partial charge < -0.3 is 0 Å². The average molecular weight is 523 g/mol. The minimum absolute atomic E-state index is 0.595. The second-order valence-corrected chi connectivity index (χ2v) is 8.75. The Morgan fingerprint density at radius 1 is 0.960 bits per heavy atom. The van der Waals surface area contributed by atoms with Crippen molar-refractivity contribution in [2.24, 2.45) is 0 Å². The molecule has 0 radical (unpaired) electrons. The third kappa shape index (κ3) is 7.84. The average Bonchev–Trinajstić information content (AvgIpc) is 2.56. The van der Waals surface area contributed by atoms with Crippen LogP contribution in [0.15, 0.2) is 50.3 Å². The van der Waals surface area contributed by atoms with Gasteiger partial charge in [0.05, 0.1) is 21.1 Å². The van der Waals surface area contributed by atoms with Crippen LogP contribution in [0.5, 0.6) is 0 Å². The largest absolute Gasteiger partial charge is 0.193 e. The van der Waals surface area contributed by atoms with Crippen molar-refractivity contribution in [3.8, 4) is 12.1 Å². The van der Waals surface area contributed by atoms with Crippen molar-refractivity contribution in [3.05, 3.63) is 78.2 Å². The molecule has 0 atom stereocenters. The van der Waals surface area contributed by atoms with Crippen molar-refractivity contribution in [3.63, 3.8) is 0 Å². The zero-order valence-corrected chi connectivity index (χ0v) is 18.5. The fourth-order valence-electron chi connectivity index (χ4n) is 1.94. The minimum atomic E-state index is 0.595. The number of rotatable bonds is 2. The summed E-state index contributed by atoms with van der Waals surface area (Å²) in [6.07, 6.45) is 5.03. The molecule has 0 spiro atoms. The zero-order chi connectivity index (χ0) is 18.8. The Morgan fingerprint density at radius 2 is 1.56 bits per heavy atom. The maximum atomic E-state index is 8.74. The predicted octanol–water partition coefficient (Wildman–Crippen LogP) is 7.25. The highest BCUT2D eigenvalue weighted by atomic mass is 79.9. The van der Waals surface area contributed by atoms with E-state index in [0.717, 1.165) is 19.0 Å². The molecule has 5 heteroatoms. The summed E-state index contributed by atoms with van der Waals surface area (Å²) in [5.74, 6) is 0. The van der Waals surface area contributed by atoms with Crippen molar-refractivity contribution < 1.29 is 0 Å². The van der Waals surface area contributed by atoms with E-state index in [1.54, 1.807) is 12.1 Å². The maximum absolute atomic E-state index is 8.74. The summed E-state index contributed by atoms with van der Waals surface area (Å²) in [5.41, 5.74) is 4.89. The van der Waals surface area contributed by atoms with Crippen LogP contribution in [0, 0.1) is 36.5 Å². The van der Waals surface area contributed by atoms with Gasteiger partial charge in [-0.3, -0.25) is 0 Å². The second kappa shape index (κ2) is 11.1. The van der Waals surface area contributed by atoms with Crippen LogP contribution in [0.25, 0.3) is 12.2 Å². The Kier molecular flexibility index (Phi) is 9.45. The second-order valence-electron chi connectivity index (χ2n) is 5.12. The highest BCUT2D eigenvalue weighted by Gasteiger charge is 1.98. The summed E-state index contributed by atoms with van der Waals surface area (Å²) in [4.78, 5) is 0. The molecule has 0 aromatic heterocycles. The molecule has 2 aromatic rings. The molecule has 2 aromatic carbocycles. The van der Waals surface area contributed by atoms with E-state index < -0.39 is 0 Å². The van der Waals surface area contributed by atoms with E-state index in [9.17, 15) is 0 Å². The molecule has 2 rings (SSSR count). The molecule has 0 aliphatic rings. The van der Waals surface area contributed by atoms with Crippen molar-refractivity contribution in [1.82, 2.24) is 0 Å². The number of hydrogen-bond acceptors (Lipinski definition) is 2. The number of allylic oxidation sites excluding steroid dienone is 1. The lowest BCUT2D eigenvalue weighted by atomic mass is 10.1. The van der Waals surface area contributed by atoms with Crippen LogP contribution >= 0.6 is 47.8 Å². The number of hydrogen-bond donors (Lipinski definition) is 0. The lowest BCUT2D eigenvalue weighted by molar-refractivity contribution is 1.41. The summed E-state index contributed by atoms with van der Waals surface area (Å²) in [7, 11) is 0. The number of benzene rings is 2. The van der Waals surface area contributed by atoms with E-state index in [1.165, 1.54) is 17.2 Å². The van der Waals surface area contributed by atoms with Crippen LogP contribution in [0.4, 0.5) is 0 Å². The SMILES string of the molecule is Cc1ccc(Br)c(C=C(Br)Br)c1.Cc1ccc(C#N)c(C=CC#N)c1. The molecule has 0 fully saturated rings. The maximum Gasteiger partial charge on any atom is 0.0997 e. The summed E-state index contributed by atoms with van der Waals surface area (Å²) in [6.45, 7) is 4.02. The van der Waals surface area contributed by atoms with Crippen molar-refractivity contribution >= 4 is 59.9 Å². The van der Waals surface area contributed by atoms with Gasteiger partial charge in [-0.05, 0) is 81.1 Å². The lowest BCUT2D eigenvalue weighted by Crippen LogP contribution is -1.82. The minimum Gasteiger partial charge on any atom is -0.193 e. The Bertz CT molecular complexity index is 881. The molecule has 2 nitrogen and oxygen atoms in total. The molecule has 0 bridgehead atoms. The van der Waals surface area contributed by atoms with Crippen LogP contribution in [0.2, 0.25) is 0 Å². The van der Waals surface area contributed by atoms with Gasteiger partial charge >= 0.3 is 0 Å². The van der Waals surface area contributed by atoms with E-state index >= 15 is 0 Å². The van der Waals surface area contributed by atoms with E-state index in [4.69, 9.17) is 10.5 Å². The third-order valence-corrected chi connectivity index (χ3v) is 4.26. The fraction of sp³-hybridized carbons (Fsp3) is 0.100. The Balaban J connectivity index is 0.000000251. The first-order valence-corrected chi connectivity index (χ1v) is 9.61. The van der Waals surface area contributed by atoms with Crippen molar-refractivity contribution in [2.45, 2.75) is 13.8 Å². The van der Waals surface area contributed by atoms with Gasteiger partial charge in [0.1, 0.15) is 0 Å². The molecule has 0 aliphatic heterocycles. The van der Waals surface area contributed by atoms with Gasteiger partial charge in [0.2, 0.25) is 0 Å². The molecule has 126 valence electrons. The van der Waals surface area contributed by atoms with Gasteiger partial charge in [-0.1, -0.05) is 51.3 Å². The molecule has 25 heavy (non-hydrogen) atoms. The quantitative estimate of drug-likeness (QED) is 0.390. The number of nitrogens with zero attached hydrogens (tertiary/aromatic N) is 2. The first-order valence-electron chi connectivity index (χ1n) is 7.23. The molecule has 0 aliphatic carbocycles. The topological polar surface area (TPSA) is 47.6 Å². The molecule has 0 heterocycles. The molecule has 0 N–H and O–H groups in total. The first-order chi connectivity index (χ1) is 11.9. The van der Waals surface area contributed by atoms with Crippen LogP contribution in [0.1, 0.15) is 27.8 Å². The number of halogens is 3. The van der Waals surface area contributed by atoms with Gasteiger partial charge in [0, 0.05) is 10.5 Å². The van der Waals surface area contributed by atoms with Crippen LogP contribution in [0.3, 0.4) is 0 Å². The Morgan fingerprint density at radius 3 is 2.12 bits per heavy atom. The zero-order valence-electron chi connectivity index (χ0n) is 13.7. The smallest absolute Gasteiger partial charge is 0.0997 e. The summed E-state index contributed by atoms with van der Waals surface area (Å²) < 4.78 is 2.05. The van der Waals surface area contributed by atoms with E-state index in [2.05, 4.69) is 72.9 Å². The molecule has 0 unspecified atom stereocenters. The van der Waals surface area contributed by atoms with Crippen molar-refractivity contribution in [1.29, 1.82) is 10.5 Å². The van der Waals surface area contributed by atoms with E-state index in [0.29, 0.717) is 5.56 Å². The summed E-state index contributed by atoms with van der Waals surface area (Å²) >= 11 is 10.1. The Labute approximate surface area is 173 Å². The third-order valence-electron chi connectivity index (χ3n) is 3.08. The van der Waals surface area contributed by atoms with Gasteiger partial charge in [-0.25, -0.2) is 0 Å². The monoisotopic (exact) mass is 520 g/mol. The fourth-order valence-corrected chi connectivity index (χ4v) is 2.79. The Hall–Kier alpha value is -1.66. The van der Waals surface area contributed by atoms with E-state index in [1.807, 2.05) is 37.3 Å². The molecular formula is C20H15Br3N2. The van der Waals surface area contributed by atoms with Crippen molar-refractivity contribution in [2.75, 3.05) is 0 Å². The lowest BCUT2D eigenvalue weighted by Gasteiger charge is -1.99. The predicted molar refractivity (Wildman–Crippen MR) is 115 cm³/mol. The molecule has 0 amide bonds. The number of nitriles is 2. The van der Waals surface area contributed by atoms with Gasteiger partial charge in [-0.15, -0.1) is 0 Å². The van der Waals surface area contributed by atoms with E-state index in [-0.39, 0.29) is 0 Å². The highest BCUT2D eigenvalue weighted by Crippen LogP contribution is 2.24.